The third kappa shape index (κ3) is 5.23. The first-order valence-corrected chi connectivity index (χ1v) is 6.52. The third-order valence-corrected chi connectivity index (χ3v) is 2.82. The summed E-state index contributed by atoms with van der Waals surface area (Å²) in [5.41, 5.74) is 1.86. The summed E-state index contributed by atoms with van der Waals surface area (Å²) in [4.78, 5) is 34.9. The average molecular weight is 293 g/mol. The molecule has 0 heterocycles. The Morgan fingerprint density at radius 1 is 1.14 bits per heavy atom. The molecule has 4 N–H and O–H groups in total. The molecule has 0 saturated heterocycles. The molecule has 3 amide bonds. The fraction of sp³-hybridized carbons (Fsp3) is 0.357. The Morgan fingerprint density at radius 2 is 1.76 bits per heavy atom. The van der Waals surface area contributed by atoms with Crippen LogP contribution in [0.4, 0.5) is 0 Å². The number of benzene rings is 1. The van der Waals surface area contributed by atoms with Crippen molar-refractivity contribution in [1.82, 2.24) is 16.1 Å². The van der Waals surface area contributed by atoms with Gasteiger partial charge in [-0.1, -0.05) is 32.0 Å². The summed E-state index contributed by atoms with van der Waals surface area (Å²) >= 11 is 0. The van der Waals surface area contributed by atoms with Gasteiger partial charge in [0.25, 0.3) is 11.8 Å². The standard InChI is InChI=1S/C14H19N3O4/c1-9(2)12(14(20)15-8-11(18)17-21)16-13(19)10-6-4-3-5-7-10/h3-7,9,12,21H,8H2,1-2H3,(H,15,20)(H,16,19)(H,17,18)/t12-/m0/s1. The maximum atomic E-state index is 12.0. The number of carbonyl (C=O) groups is 3. The molecule has 7 heteroatoms. The van der Waals surface area contributed by atoms with Gasteiger partial charge in [-0.15, -0.1) is 0 Å². The Labute approximate surface area is 122 Å². The van der Waals surface area contributed by atoms with E-state index in [-0.39, 0.29) is 18.4 Å². The van der Waals surface area contributed by atoms with E-state index in [0.717, 1.165) is 0 Å². The number of carbonyl (C=O) groups excluding carboxylic acids is 3. The van der Waals surface area contributed by atoms with Crippen LogP contribution in [-0.2, 0) is 9.59 Å². The Hall–Kier alpha value is -2.41. The van der Waals surface area contributed by atoms with Crippen LogP contribution in [0.25, 0.3) is 0 Å². The van der Waals surface area contributed by atoms with Crippen molar-refractivity contribution in [2.45, 2.75) is 19.9 Å². The number of hydrogen-bond acceptors (Lipinski definition) is 4. The van der Waals surface area contributed by atoms with Crippen LogP contribution < -0.4 is 16.1 Å². The predicted molar refractivity (Wildman–Crippen MR) is 75.5 cm³/mol. The molecule has 1 atom stereocenters. The second kappa shape index (κ2) is 8.01. The SMILES string of the molecule is CC(C)[C@H](NC(=O)c1ccccc1)C(=O)NCC(=O)NO. The maximum Gasteiger partial charge on any atom is 0.262 e. The molecule has 7 nitrogen and oxygen atoms in total. The second-order valence-electron chi connectivity index (χ2n) is 4.81. The summed E-state index contributed by atoms with van der Waals surface area (Å²) in [5.74, 6) is -1.75. The van der Waals surface area contributed by atoms with Crippen LogP contribution in [0.3, 0.4) is 0 Å². The van der Waals surface area contributed by atoms with E-state index in [9.17, 15) is 14.4 Å². The van der Waals surface area contributed by atoms with Crippen LogP contribution in [0.5, 0.6) is 0 Å². The zero-order valence-corrected chi connectivity index (χ0v) is 11.9. The van der Waals surface area contributed by atoms with Crippen LogP contribution in [0.1, 0.15) is 24.2 Å². The van der Waals surface area contributed by atoms with E-state index < -0.39 is 17.9 Å². The minimum Gasteiger partial charge on any atom is -0.345 e. The van der Waals surface area contributed by atoms with Crippen molar-refractivity contribution in [1.29, 1.82) is 0 Å². The number of amides is 3. The molecule has 21 heavy (non-hydrogen) atoms. The number of nitrogens with one attached hydrogen (secondary N) is 3. The first-order valence-electron chi connectivity index (χ1n) is 6.52. The van der Waals surface area contributed by atoms with Gasteiger partial charge in [0.15, 0.2) is 0 Å². The summed E-state index contributed by atoms with van der Waals surface area (Å²) in [7, 11) is 0. The molecule has 0 unspecified atom stereocenters. The lowest BCUT2D eigenvalue weighted by molar-refractivity contribution is -0.132. The maximum absolute atomic E-state index is 12.0. The van der Waals surface area contributed by atoms with Gasteiger partial charge in [0.2, 0.25) is 5.91 Å². The quantitative estimate of drug-likeness (QED) is 0.439. The molecule has 0 aliphatic rings. The topological polar surface area (TPSA) is 108 Å². The lowest BCUT2D eigenvalue weighted by atomic mass is 10.0. The predicted octanol–water partition coefficient (Wildman–Crippen LogP) is 0.0626. The summed E-state index contributed by atoms with van der Waals surface area (Å²) in [6, 6.07) is 7.75. The molecule has 1 aromatic rings. The fourth-order valence-electron chi connectivity index (χ4n) is 1.67. The van der Waals surface area contributed by atoms with Crippen molar-refractivity contribution in [3.63, 3.8) is 0 Å². The molecule has 0 saturated carbocycles. The molecule has 0 fully saturated rings. The minimum absolute atomic E-state index is 0.158. The van der Waals surface area contributed by atoms with Crippen LogP contribution in [0.15, 0.2) is 30.3 Å². The summed E-state index contributed by atoms with van der Waals surface area (Å²) in [6.07, 6.45) is 0. The van der Waals surface area contributed by atoms with Gasteiger partial charge in [0.05, 0.1) is 6.54 Å². The molecule has 1 rings (SSSR count). The Bertz CT molecular complexity index is 502. The highest BCUT2D eigenvalue weighted by atomic mass is 16.5. The molecule has 0 aromatic heterocycles. The lowest BCUT2D eigenvalue weighted by Crippen LogP contribution is -2.51. The molecule has 0 aliphatic heterocycles. The molecule has 0 bridgehead atoms. The van der Waals surface area contributed by atoms with Gasteiger partial charge in [0, 0.05) is 5.56 Å². The van der Waals surface area contributed by atoms with Gasteiger partial charge in [-0.05, 0) is 18.1 Å². The van der Waals surface area contributed by atoms with E-state index in [2.05, 4.69) is 10.6 Å². The summed E-state index contributed by atoms with van der Waals surface area (Å²) in [5, 5.41) is 13.3. The zero-order valence-electron chi connectivity index (χ0n) is 11.9. The van der Waals surface area contributed by atoms with Crippen molar-refractivity contribution in [3.8, 4) is 0 Å². The number of rotatable bonds is 6. The Balaban J connectivity index is 2.67. The Morgan fingerprint density at radius 3 is 2.29 bits per heavy atom. The average Bonchev–Trinajstić information content (AvgIpc) is 2.50. The first kappa shape index (κ1) is 16.6. The Kier molecular flexibility index (Phi) is 6.35. The minimum atomic E-state index is -0.774. The summed E-state index contributed by atoms with van der Waals surface area (Å²) in [6.45, 7) is 3.20. The van der Waals surface area contributed by atoms with Crippen molar-refractivity contribution in [2.75, 3.05) is 6.54 Å². The molecular weight excluding hydrogens is 274 g/mol. The lowest BCUT2D eigenvalue weighted by Gasteiger charge is -2.21. The largest absolute Gasteiger partial charge is 0.345 e. The van der Waals surface area contributed by atoms with Crippen LogP contribution in [0.2, 0.25) is 0 Å². The van der Waals surface area contributed by atoms with Crippen molar-refractivity contribution in [3.05, 3.63) is 35.9 Å². The van der Waals surface area contributed by atoms with Gasteiger partial charge in [0.1, 0.15) is 6.04 Å². The third-order valence-electron chi connectivity index (χ3n) is 2.82. The first-order chi connectivity index (χ1) is 9.95. The smallest absolute Gasteiger partial charge is 0.262 e. The van der Waals surface area contributed by atoms with Gasteiger partial charge < -0.3 is 10.6 Å². The number of hydrogen-bond donors (Lipinski definition) is 4. The molecule has 0 spiro atoms. The van der Waals surface area contributed by atoms with E-state index in [4.69, 9.17) is 5.21 Å². The van der Waals surface area contributed by atoms with Crippen LogP contribution in [-0.4, -0.2) is 35.5 Å². The van der Waals surface area contributed by atoms with Crippen molar-refractivity contribution in [2.24, 2.45) is 5.92 Å². The van der Waals surface area contributed by atoms with Crippen molar-refractivity contribution < 1.29 is 19.6 Å². The second-order valence-corrected chi connectivity index (χ2v) is 4.81. The number of hydroxylamine groups is 1. The summed E-state index contributed by atoms with van der Waals surface area (Å²) < 4.78 is 0. The van der Waals surface area contributed by atoms with E-state index in [0.29, 0.717) is 5.56 Å². The highest BCUT2D eigenvalue weighted by molar-refractivity contribution is 5.98. The zero-order chi connectivity index (χ0) is 15.8. The van der Waals surface area contributed by atoms with Crippen LogP contribution >= 0.6 is 0 Å². The molecule has 0 radical (unpaired) electrons. The molecule has 0 aliphatic carbocycles. The van der Waals surface area contributed by atoms with E-state index in [1.54, 1.807) is 44.2 Å². The highest BCUT2D eigenvalue weighted by Crippen LogP contribution is 2.05. The van der Waals surface area contributed by atoms with Gasteiger partial charge in [-0.3, -0.25) is 19.6 Å². The van der Waals surface area contributed by atoms with Gasteiger partial charge in [-0.25, -0.2) is 5.48 Å². The normalized spacial score (nSPS) is 11.6. The van der Waals surface area contributed by atoms with E-state index in [1.165, 1.54) is 5.48 Å². The molecule has 1 aromatic carbocycles. The molecular formula is C14H19N3O4. The highest BCUT2D eigenvalue weighted by Gasteiger charge is 2.24. The van der Waals surface area contributed by atoms with E-state index in [1.807, 2.05) is 0 Å². The van der Waals surface area contributed by atoms with Gasteiger partial charge in [-0.2, -0.15) is 0 Å². The molecule has 114 valence electrons. The fourth-order valence-corrected chi connectivity index (χ4v) is 1.67. The van der Waals surface area contributed by atoms with Crippen molar-refractivity contribution >= 4 is 17.7 Å². The van der Waals surface area contributed by atoms with Gasteiger partial charge >= 0.3 is 0 Å². The van der Waals surface area contributed by atoms with Crippen LogP contribution in [0, 0.1) is 5.92 Å². The monoisotopic (exact) mass is 293 g/mol. The van der Waals surface area contributed by atoms with E-state index >= 15 is 0 Å².